The third kappa shape index (κ3) is 5.01. The molecule has 0 saturated heterocycles. The summed E-state index contributed by atoms with van der Waals surface area (Å²) in [4.78, 5) is 11.4. The highest BCUT2D eigenvalue weighted by atomic mass is 35.5. The maximum absolute atomic E-state index is 12.6. The Balaban J connectivity index is 3.16. The van der Waals surface area contributed by atoms with Gasteiger partial charge in [-0.05, 0) is 24.6 Å². The average molecular weight is 338 g/mol. The summed E-state index contributed by atoms with van der Waals surface area (Å²) in [5, 5.41) is 10.1. The van der Waals surface area contributed by atoms with Crippen molar-refractivity contribution in [2.24, 2.45) is 5.73 Å². The predicted octanol–water partition coefficient (Wildman–Crippen LogP) is 2.58. The summed E-state index contributed by atoms with van der Waals surface area (Å²) in [6.45, 7) is 1.39. The molecule has 1 aromatic carbocycles. The summed E-state index contributed by atoms with van der Waals surface area (Å²) < 4.78 is 42.6. The largest absolute Gasteiger partial charge is 0.454 e. The van der Waals surface area contributed by atoms with E-state index in [0.29, 0.717) is 10.6 Å². The molecule has 0 spiro atoms. The number of ether oxygens (including phenoxy) is 1. The predicted molar refractivity (Wildman–Crippen MR) is 75.1 cm³/mol. The van der Waals surface area contributed by atoms with Gasteiger partial charge in [0.05, 0.1) is 5.57 Å². The number of aliphatic hydroxyl groups is 1. The normalized spacial score (nSPS) is 14.5. The van der Waals surface area contributed by atoms with Crippen LogP contribution in [0.15, 0.2) is 35.5 Å². The molecule has 0 fully saturated rings. The minimum atomic E-state index is -5.15. The third-order valence-electron chi connectivity index (χ3n) is 2.73. The van der Waals surface area contributed by atoms with Gasteiger partial charge in [0.25, 0.3) is 5.78 Å². The minimum absolute atomic E-state index is 0.0793. The van der Waals surface area contributed by atoms with E-state index in [9.17, 15) is 23.1 Å². The quantitative estimate of drug-likeness (QED) is 0.618. The highest BCUT2D eigenvalue weighted by molar-refractivity contribution is 6.30. The molecule has 0 aliphatic rings. The van der Waals surface area contributed by atoms with E-state index >= 15 is 0 Å². The van der Waals surface area contributed by atoms with Crippen molar-refractivity contribution in [2.75, 3.05) is 6.61 Å². The van der Waals surface area contributed by atoms with Crippen LogP contribution in [-0.2, 0) is 16.0 Å². The molecule has 0 radical (unpaired) electrons. The van der Waals surface area contributed by atoms with Gasteiger partial charge in [-0.2, -0.15) is 13.2 Å². The summed E-state index contributed by atoms with van der Waals surface area (Å²) in [5.74, 6) is -2.22. The van der Waals surface area contributed by atoms with E-state index in [-0.39, 0.29) is 13.0 Å². The number of ketones is 1. The van der Waals surface area contributed by atoms with E-state index < -0.39 is 29.5 Å². The van der Waals surface area contributed by atoms with Gasteiger partial charge in [-0.15, -0.1) is 0 Å². The van der Waals surface area contributed by atoms with E-state index in [1.807, 2.05) is 0 Å². The van der Waals surface area contributed by atoms with Crippen LogP contribution < -0.4 is 5.73 Å². The Morgan fingerprint density at radius 2 is 1.91 bits per heavy atom. The SMILES string of the molecule is CCOC(O)/C(C(=O)C(F)(F)F)=C(\N)Cc1ccc(Cl)cc1. The molecule has 0 aliphatic heterocycles. The van der Waals surface area contributed by atoms with Gasteiger partial charge in [0.15, 0.2) is 6.29 Å². The van der Waals surface area contributed by atoms with Crippen LogP contribution in [0.1, 0.15) is 12.5 Å². The molecule has 0 saturated carbocycles. The summed E-state index contributed by atoms with van der Waals surface area (Å²) >= 11 is 5.71. The van der Waals surface area contributed by atoms with Gasteiger partial charge in [-0.25, -0.2) is 0 Å². The Kier molecular flexibility index (Phi) is 6.40. The first kappa shape index (κ1) is 18.5. The van der Waals surface area contributed by atoms with Crippen molar-refractivity contribution in [2.45, 2.75) is 25.8 Å². The molecular formula is C14H15ClF3NO3. The van der Waals surface area contributed by atoms with E-state index in [0.717, 1.165) is 0 Å². The number of benzene rings is 1. The first-order chi connectivity index (χ1) is 10.2. The molecule has 0 aliphatic carbocycles. The Morgan fingerprint density at radius 1 is 1.36 bits per heavy atom. The minimum Gasteiger partial charge on any atom is -0.401 e. The molecule has 1 atom stereocenters. The molecule has 1 unspecified atom stereocenters. The molecule has 1 rings (SSSR count). The fourth-order valence-electron chi connectivity index (χ4n) is 1.73. The second kappa shape index (κ2) is 7.62. The number of allylic oxidation sites excluding steroid dienone is 1. The highest BCUT2D eigenvalue weighted by Gasteiger charge is 2.44. The van der Waals surface area contributed by atoms with E-state index in [2.05, 4.69) is 4.74 Å². The molecule has 0 bridgehead atoms. The maximum atomic E-state index is 12.6. The van der Waals surface area contributed by atoms with Crippen LogP contribution in [0.2, 0.25) is 5.02 Å². The second-order valence-electron chi connectivity index (χ2n) is 4.38. The fourth-order valence-corrected chi connectivity index (χ4v) is 1.85. The Hall–Kier alpha value is -1.57. The van der Waals surface area contributed by atoms with Gasteiger partial charge in [-0.3, -0.25) is 4.79 Å². The van der Waals surface area contributed by atoms with Gasteiger partial charge in [0, 0.05) is 23.7 Å². The Labute approximate surface area is 130 Å². The lowest BCUT2D eigenvalue weighted by Gasteiger charge is -2.18. The van der Waals surface area contributed by atoms with Crippen molar-refractivity contribution < 1.29 is 27.8 Å². The first-order valence-electron chi connectivity index (χ1n) is 6.31. The number of hydrogen-bond donors (Lipinski definition) is 2. The molecule has 8 heteroatoms. The van der Waals surface area contributed by atoms with Gasteiger partial charge >= 0.3 is 6.18 Å². The number of aliphatic hydroxyl groups excluding tert-OH is 1. The number of carbonyl (C=O) groups is 1. The van der Waals surface area contributed by atoms with Gasteiger partial charge in [0.2, 0.25) is 0 Å². The monoisotopic (exact) mass is 337 g/mol. The highest BCUT2D eigenvalue weighted by Crippen LogP contribution is 2.25. The summed E-state index contributed by atoms with van der Waals surface area (Å²) in [5.41, 5.74) is 4.74. The van der Waals surface area contributed by atoms with Crippen LogP contribution in [0, 0.1) is 0 Å². The lowest BCUT2D eigenvalue weighted by atomic mass is 10.0. The van der Waals surface area contributed by atoms with Crippen LogP contribution in [0.5, 0.6) is 0 Å². The Morgan fingerprint density at radius 3 is 2.36 bits per heavy atom. The lowest BCUT2D eigenvalue weighted by molar-refractivity contribution is -0.171. The molecule has 3 N–H and O–H groups in total. The Bertz CT molecular complexity index is 555. The van der Waals surface area contributed by atoms with Crippen LogP contribution in [0.3, 0.4) is 0 Å². The van der Waals surface area contributed by atoms with Crippen molar-refractivity contribution in [1.82, 2.24) is 0 Å². The number of Topliss-reactive ketones (excluding diaryl/α,β-unsaturated/α-hetero) is 1. The number of nitrogens with two attached hydrogens (primary N) is 1. The first-order valence-corrected chi connectivity index (χ1v) is 6.68. The zero-order chi connectivity index (χ0) is 16.9. The van der Waals surface area contributed by atoms with Gasteiger partial charge in [0.1, 0.15) is 0 Å². The molecule has 1 aromatic rings. The van der Waals surface area contributed by atoms with Crippen molar-refractivity contribution in [3.8, 4) is 0 Å². The topological polar surface area (TPSA) is 72.5 Å². The molecule has 0 heterocycles. The summed E-state index contributed by atoms with van der Waals surface area (Å²) in [6, 6.07) is 6.18. The molecular weight excluding hydrogens is 323 g/mol. The molecule has 4 nitrogen and oxygen atoms in total. The number of halogens is 4. The van der Waals surface area contributed by atoms with Crippen LogP contribution in [0.25, 0.3) is 0 Å². The van der Waals surface area contributed by atoms with Gasteiger partial charge < -0.3 is 15.6 Å². The molecule has 122 valence electrons. The van der Waals surface area contributed by atoms with Crippen molar-refractivity contribution in [3.05, 3.63) is 46.1 Å². The molecule has 0 aromatic heterocycles. The van der Waals surface area contributed by atoms with Crippen LogP contribution in [0.4, 0.5) is 13.2 Å². The van der Waals surface area contributed by atoms with Gasteiger partial charge in [-0.1, -0.05) is 23.7 Å². The number of rotatable bonds is 6. The molecule has 0 amide bonds. The van der Waals surface area contributed by atoms with Crippen LogP contribution in [-0.4, -0.2) is 30.0 Å². The second-order valence-corrected chi connectivity index (χ2v) is 4.81. The smallest absolute Gasteiger partial charge is 0.401 e. The number of hydrogen-bond acceptors (Lipinski definition) is 4. The third-order valence-corrected chi connectivity index (χ3v) is 2.98. The van der Waals surface area contributed by atoms with Crippen molar-refractivity contribution in [3.63, 3.8) is 0 Å². The zero-order valence-corrected chi connectivity index (χ0v) is 12.4. The zero-order valence-electron chi connectivity index (χ0n) is 11.7. The maximum Gasteiger partial charge on any atom is 0.454 e. The van der Waals surface area contributed by atoms with Crippen molar-refractivity contribution >= 4 is 17.4 Å². The molecule has 22 heavy (non-hydrogen) atoms. The van der Waals surface area contributed by atoms with Crippen LogP contribution >= 0.6 is 11.6 Å². The average Bonchev–Trinajstić information content (AvgIpc) is 2.41. The summed E-state index contributed by atoms with van der Waals surface area (Å²) in [7, 11) is 0. The standard InChI is InChI=1S/C14H15ClF3NO3/c1-2-22-13(21)11(12(20)14(16,17)18)10(19)7-8-3-5-9(15)6-4-8/h3-6,13,21H,2,7,19H2,1H3/b11-10-. The van der Waals surface area contributed by atoms with E-state index in [4.69, 9.17) is 17.3 Å². The number of alkyl halides is 3. The fraction of sp³-hybridized carbons (Fsp3) is 0.357. The number of carbonyl (C=O) groups excluding carboxylic acids is 1. The summed E-state index contributed by atoms with van der Waals surface area (Å²) in [6.07, 6.45) is -7.34. The van der Waals surface area contributed by atoms with Crippen molar-refractivity contribution in [1.29, 1.82) is 0 Å². The van der Waals surface area contributed by atoms with E-state index in [1.165, 1.54) is 19.1 Å². The lowest BCUT2D eigenvalue weighted by Crippen LogP contribution is -2.34. The van der Waals surface area contributed by atoms with E-state index in [1.54, 1.807) is 12.1 Å².